The van der Waals surface area contributed by atoms with E-state index in [2.05, 4.69) is 5.10 Å². The molecule has 2 fully saturated rings. The van der Waals surface area contributed by atoms with Gasteiger partial charge in [-0.3, -0.25) is 14.3 Å². The predicted molar refractivity (Wildman–Crippen MR) is 127 cm³/mol. The number of hydrogen-bond acceptors (Lipinski definition) is 3. The average molecular weight is 567 g/mol. The number of rotatable bonds is 6. The molecule has 2 aromatic carbocycles. The highest BCUT2D eigenvalue weighted by Crippen LogP contribution is 2.62. The van der Waals surface area contributed by atoms with E-state index in [1.54, 1.807) is 29.1 Å². The predicted octanol–water partition coefficient (Wildman–Crippen LogP) is 5.95. The highest BCUT2D eigenvalue weighted by molar-refractivity contribution is 14.1. The summed E-state index contributed by atoms with van der Waals surface area (Å²) in [5.41, 5.74) is 2.14. The van der Waals surface area contributed by atoms with Crippen LogP contribution < -0.4 is 0 Å². The fraction of sp³-hybridized carbons (Fsp3) is 0.375. The molecular formula is C24H21ClFIN2O3. The highest BCUT2D eigenvalue weighted by Gasteiger charge is 2.54. The molecule has 8 heteroatoms. The molecule has 0 aliphatic heterocycles. The zero-order valence-corrected chi connectivity index (χ0v) is 20.1. The Morgan fingerprint density at radius 1 is 1.22 bits per heavy atom. The number of nitrogens with zero attached hydrogens (tertiary/aromatic N) is 2. The summed E-state index contributed by atoms with van der Waals surface area (Å²) in [7, 11) is 0. The minimum atomic E-state index is -0.710. The number of hydrogen-bond donors (Lipinski definition) is 1. The minimum Gasteiger partial charge on any atom is -0.481 e. The van der Waals surface area contributed by atoms with Gasteiger partial charge in [0, 0.05) is 26.0 Å². The van der Waals surface area contributed by atoms with Gasteiger partial charge in [-0.15, -0.1) is 0 Å². The van der Waals surface area contributed by atoms with Gasteiger partial charge in [0.2, 0.25) is 0 Å². The fourth-order valence-corrected chi connectivity index (χ4v) is 6.08. The molecule has 0 radical (unpaired) electrons. The second-order valence-corrected chi connectivity index (χ2v) is 10.9. The molecule has 0 atom stereocenters. The van der Waals surface area contributed by atoms with Crippen LogP contribution in [0, 0.1) is 26.6 Å². The maximum Gasteiger partial charge on any atom is 0.306 e. The van der Waals surface area contributed by atoms with E-state index in [1.807, 2.05) is 28.7 Å². The standard InChI is InChI=1S/C24H21ClFIN2O3/c25-17-5-15-11-28-29(12-13-1-2-20(27)19(26)3-13)22(15)18(6-17)21(30)4-14-7-24(8-14)9-16(10-24)23(31)32/h1-3,5-6,11,14,16H,4,7-10,12H2,(H,31,32). The smallest absolute Gasteiger partial charge is 0.306 e. The van der Waals surface area contributed by atoms with Gasteiger partial charge in [0.1, 0.15) is 5.82 Å². The van der Waals surface area contributed by atoms with Crippen molar-refractivity contribution in [2.24, 2.45) is 17.3 Å². The molecule has 1 spiro atoms. The number of Topliss-reactive ketones (excluding diaryl/α,β-unsaturated/α-hetero) is 1. The number of aliphatic carboxylic acids is 1. The molecule has 2 aliphatic rings. The fourth-order valence-electron chi connectivity index (χ4n) is 5.51. The maximum absolute atomic E-state index is 14.0. The lowest BCUT2D eigenvalue weighted by Crippen LogP contribution is -2.50. The first-order valence-electron chi connectivity index (χ1n) is 10.6. The topological polar surface area (TPSA) is 72.2 Å². The van der Waals surface area contributed by atoms with Gasteiger partial charge in [0.05, 0.1) is 24.2 Å². The van der Waals surface area contributed by atoms with Gasteiger partial charge >= 0.3 is 5.97 Å². The summed E-state index contributed by atoms with van der Waals surface area (Å²) in [6, 6.07) is 8.54. The highest BCUT2D eigenvalue weighted by atomic mass is 127. The summed E-state index contributed by atoms with van der Waals surface area (Å²) in [5, 5.41) is 14.8. The van der Waals surface area contributed by atoms with E-state index in [1.165, 1.54) is 6.07 Å². The van der Waals surface area contributed by atoms with Crippen LogP contribution in [-0.4, -0.2) is 26.6 Å². The first-order valence-corrected chi connectivity index (χ1v) is 12.0. The molecule has 5 rings (SSSR count). The van der Waals surface area contributed by atoms with Crippen LogP contribution in [0.25, 0.3) is 10.9 Å². The van der Waals surface area contributed by atoms with Crippen LogP contribution in [0.15, 0.2) is 36.5 Å². The molecular weight excluding hydrogens is 546 g/mol. The molecule has 2 saturated carbocycles. The monoisotopic (exact) mass is 566 g/mol. The summed E-state index contributed by atoms with van der Waals surface area (Å²) in [6.07, 6.45) is 5.38. The van der Waals surface area contributed by atoms with Crippen LogP contribution in [-0.2, 0) is 11.3 Å². The van der Waals surface area contributed by atoms with Gasteiger partial charge in [0.25, 0.3) is 0 Å². The summed E-state index contributed by atoms with van der Waals surface area (Å²) in [5.74, 6) is -0.925. The van der Waals surface area contributed by atoms with E-state index in [4.69, 9.17) is 16.7 Å². The Balaban J connectivity index is 1.35. The molecule has 5 nitrogen and oxygen atoms in total. The Hall–Kier alpha value is -2.00. The molecule has 1 heterocycles. The van der Waals surface area contributed by atoms with Crippen molar-refractivity contribution >= 4 is 56.8 Å². The van der Waals surface area contributed by atoms with Crippen LogP contribution in [0.5, 0.6) is 0 Å². The number of carboxylic acid groups (broad SMARTS) is 1. The van der Waals surface area contributed by atoms with Gasteiger partial charge in [-0.25, -0.2) is 4.39 Å². The molecule has 1 N–H and O–H groups in total. The Labute approximate surface area is 203 Å². The molecule has 1 aromatic heterocycles. The van der Waals surface area contributed by atoms with Crippen molar-refractivity contribution < 1.29 is 19.1 Å². The van der Waals surface area contributed by atoms with E-state index in [9.17, 15) is 14.0 Å². The number of carboxylic acids is 1. The third-order valence-electron chi connectivity index (χ3n) is 6.94. The average Bonchev–Trinajstić information content (AvgIpc) is 3.06. The molecule has 0 unspecified atom stereocenters. The number of carbonyl (C=O) groups is 2. The third-order valence-corrected chi connectivity index (χ3v) is 8.03. The minimum absolute atomic E-state index is 0.0157. The van der Waals surface area contributed by atoms with Crippen molar-refractivity contribution in [2.45, 2.75) is 38.6 Å². The Bertz CT molecular complexity index is 1240. The second kappa shape index (κ2) is 8.09. The first kappa shape index (κ1) is 21.8. The van der Waals surface area contributed by atoms with Crippen molar-refractivity contribution in [1.29, 1.82) is 0 Å². The number of carbonyl (C=O) groups excluding carboxylic acids is 1. The van der Waals surface area contributed by atoms with Crippen LogP contribution >= 0.6 is 34.2 Å². The van der Waals surface area contributed by atoms with Crippen LogP contribution in [0.1, 0.15) is 48.0 Å². The third kappa shape index (κ3) is 3.94. The molecule has 166 valence electrons. The van der Waals surface area contributed by atoms with Crippen LogP contribution in [0.4, 0.5) is 4.39 Å². The number of halogens is 3. The van der Waals surface area contributed by atoms with Crippen molar-refractivity contribution in [1.82, 2.24) is 9.78 Å². The quantitative estimate of drug-likeness (QED) is 0.296. The lowest BCUT2D eigenvalue weighted by molar-refractivity contribution is -0.157. The van der Waals surface area contributed by atoms with Gasteiger partial charge in [-0.1, -0.05) is 17.7 Å². The van der Waals surface area contributed by atoms with Crippen LogP contribution in [0.3, 0.4) is 0 Å². The SMILES string of the molecule is O=C(CC1CC2(C1)CC(C(=O)O)C2)c1cc(Cl)cc2cnn(Cc3ccc(I)c(F)c3)c12. The van der Waals surface area contributed by atoms with Crippen molar-refractivity contribution in [2.75, 3.05) is 0 Å². The molecule has 32 heavy (non-hydrogen) atoms. The van der Waals surface area contributed by atoms with Crippen molar-refractivity contribution in [3.63, 3.8) is 0 Å². The first-order chi connectivity index (χ1) is 15.2. The summed E-state index contributed by atoms with van der Waals surface area (Å²) < 4.78 is 16.3. The zero-order valence-electron chi connectivity index (χ0n) is 17.2. The Kier molecular flexibility index (Phi) is 5.52. The number of aromatic nitrogens is 2. The molecule has 0 bridgehead atoms. The van der Waals surface area contributed by atoms with E-state index in [0.29, 0.717) is 32.6 Å². The van der Waals surface area contributed by atoms with Gasteiger partial charge in [-0.2, -0.15) is 5.10 Å². The number of fused-ring (bicyclic) bond motifs is 1. The van der Waals surface area contributed by atoms with Crippen molar-refractivity contribution in [3.05, 3.63) is 62.1 Å². The Morgan fingerprint density at radius 2 is 1.97 bits per heavy atom. The van der Waals surface area contributed by atoms with Crippen molar-refractivity contribution in [3.8, 4) is 0 Å². The number of benzene rings is 2. The maximum atomic E-state index is 14.0. The molecule has 0 amide bonds. The summed E-state index contributed by atoms with van der Waals surface area (Å²) in [4.78, 5) is 24.3. The second-order valence-electron chi connectivity index (χ2n) is 9.29. The molecule has 3 aromatic rings. The van der Waals surface area contributed by atoms with E-state index in [0.717, 1.165) is 36.6 Å². The summed E-state index contributed by atoms with van der Waals surface area (Å²) >= 11 is 8.24. The summed E-state index contributed by atoms with van der Waals surface area (Å²) in [6.45, 7) is 0.350. The largest absolute Gasteiger partial charge is 0.481 e. The molecule has 0 saturated heterocycles. The number of ketones is 1. The van der Waals surface area contributed by atoms with E-state index in [-0.39, 0.29) is 28.9 Å². The van der Waals surface area contributed by atoms with Gasteiger partial charge < -0.3 is 5.11 Å². The van der Waals surface area contributed by atoms with Gasteiger partial charge in [-0.05, 0) is 89.4 Å². The lowest BCUT2D eigenvalue weighted by atomic mass is 9.47. The normalized spacial score (nSPS) is 24.3. The van der Waals surface area contributed by atoms with Crippen LogP contribution in [0.2, 0.25) is 5.02 Å². The molecule has 2 aliphatic carbocycles. The van der Waals surface area contributed by atoms with Gasteiger partial charge in [0.15, 0.2) is 5.78 Å². The zero-order chi connectivity index (χ0) is 22.6. The van der Waals surface area contributed by atoms with E-state index < -0.39 is 5.97 Å². The van der Waals surface area contributed by atoms with E-state index >= 15 is 0 Å². The Morgan fingerprint density at radius 3 is 2.66 bits per heavy atom. The lowest BCUT2D eigenvalue weighted by Gasteiger charge is -2.56.